The number of nitrogens with zero attached hydrogens (tertiary/aromatic N) is 2. The highest BCUT2D eigenvalue weighted by atomic mass is 32.2. The first-order valence-corrected chi connectivity index (χ1v) is 14.3. The van der Waals surface area contributed by atoms with Crippen LogP contribution in [-0.2, 0) is 16.4 Å². The van der Waals surface area contributed by atoms with Crippen molar-refractivity contribution >= 4 is 22.3 Å². The minimum absolute atomic E-state index is 0.0429. The quantitative estimate of drug-likeness (QED) is 0.453. The van der Waals surface area contributed by atoms with Gasteiger partial charge in [-0.1, -0.05) is 68.5 Å². The van der Waals surface area contributed by atoms with Crippen LogP contribution in [0.3, 0.4) is 0 Å². The summed E-state index contributed by atoms with van der Waals surface area (Å²) in [7, 11) is -2.11. The van der Waals surface area contributed by atoms with E-state index < -0.39 is 10.0 Å². The van der Waals surface area contributed by atoms with Crippen LogP contribution in [-0.4, -0.2) is 44.4 Å². The van der Waals surface area contributed by atoms with Crippen molar-refractivity contribution in [1.29, 1.82) is 0 Å². The minimum atomic E-state index is -4.03. The number of likely N-dealkylation sites (N-methyl/N-ethyl adjacent to an activating group) is 1. The lowest BCUT2D eigenvalue weighted by atomic mass is 9.98. The van der Waals surface area contributed by atoms with E-state index in [-0.39, 0.29) is 22.4 Å². The zero-order valence-corrected chi connectivity index (χ0v) is 22.0. The lowest BCUT2D eigenvalue weighted by Gasteiger charge is -2.18. The summed E-state index contributed by atoms with van der Waals surface area (Å²) < 4.78 is 34.8. The molecule has 4 rings (SSSR count). The molecule has 8 nitrogen and oxygen atoms in total. The topological polar surface area (TPSA) is 110 Å². The molecular weight excluding hydrogens is 488 g/mol. The van der Waals surface area contributed by atoms with Crippen molar-refractivity contribution in [2.24, 2.45) is 0 Å². The highest BCUT2D eigenvalue weighted by Gasteiger charge is 2.19. The van der Waals surface area contributed by atoms with Crippen molar-refractivity contribution in [3.63, 3.8) is 0 Å². The van der Waals surface area contributed by atoms with Gasteiger partial charge in [0.25, 0.3) is 10.0 Å². The number of nitrogens with one attached hydrogen (secondary N) is 2. The number of aromatic nitrogens is 2. The second kappa shape index (κ2) is 12.8. The molecule has 1 aliphatic heterocycles. The number of anilines is 1. The third-order valence-corrected chi connectivity index (χ3v) is 7.94. The lowest BCUT2D eigenvalue weighted by Crippen LogP contribution is -2.31. The van der Waals surface area contributed by atoms with Crippen molar-refractivity contribution in [2.45, 2.75) is 62.3 Å². The number of aryl methyl sites for hydroxylation is 1. The normalized spacial score (nSPS) is 17.3. The fourth-order valence-electron chi connectivity index (χ4n) is 4.52. The Bertz CT molecular complexity index is 1310. The molecule has 3 aromatic rings. The fourth-order valence-corrected chi connectivity index (χ4v) is 5.51. The Balaban J connectivity index is 1.71. The number of hydrogen-bond donors (Lipinski definition) is 2. The Morgan fingerprint density at radius 3 is 2.54 bits per heavy atom. The van der Waals surface area contributed by atoms with Gasteiger partial charge < -0.3 is 10.1 Å². The summed E-state index contributed by atoms with van der Waals surface area (Å²) in [5.74, 6) is 0.215. The highest BCUT2D eigenvalue weighted by Crippen LogP contribution is 2.28. The average Bonchev–Trinajstić information content (AvgIpc) is 2.91. The molecule has 0 aliphatic carbocycles. The molecule has 1 aromatic heterocycles. The maximum Gasteiger partial charge on any atom is 0.264 e. The molecule has 0 radical (unpaired) electrons. The Kier molecular flexibility index (Phi) is 9.24. The van der Waals surface area contributed by atoms with Crippen LogP contribution in [0.25, 0.3) is 11.3 Å². The first kappa shape index (κ1) is 26.8. The first-order valence-electron chi connectivity index (χ1n) is 12.8. The number of aldehydes is 1. The SMILES string of the molecule is CN[C@@H]1CCCCCCCCc2ccccc2-c2cc(nc(NS(=O)(=O)c3cccc(C=O)c3)n2)OC1. The number of hydrogen-bond acceptors (Lipinski definition) is 7. The van der Waals surface area contributed by atoms with E-state index in [1.165, 1.54) is 43.9 Å². The first-order chi connectivity index (χ1) is 18.0. The Labute approximate surface area is 218 Å². The standard InChI is InChI=1S/C28H34N4O4S/c1-29-23-14-7-5-3-2-4-6-12-22-13-8-9-16-25(22)26-18-27(36-20-23)31-28(30-26)32-37(34,35)24-15-10-11-21(17-24)19-33/h8-11,13,15-19,23,29H,2-7,12,14,20H2,1H3,(H,30,31,32)/t23-/m1/s1. The molecule has 37 heavy (non-hydrogen) atoms. The monoisotopic (exact) mass is 522 g/mol. The van der Waals surface area contributed by atoms with E-state index in [0.717, 1.165) is 36.8 Å². The number of fused-ring (bicyclic) bond motifs is 4. The number of carbonyl (C=O) groups is 1. The summed E-state index contributed by atoms with van der Waals surface area (Å²) in [6.45, 7) is 0.405. The van der Waals surface area contributed by atoms with Crippen LogP contribution in [0.2, 0.25) is 0 Å². The van der Waals surface area contributed by atoms with Crippen LogP contribution >= 0.6 is 0 Å². The number of rotatable bonds is 5. The molecule has 1 aliphatic rings. The number of ether oxygens (including phenoxy) is 1. The number of benzene rings is 2. The van der Waals surface area contributed by atoms with E-state index >= 15 is 0 Å². The number of sulfonamides is 1. The fraction of sp³-hybridized carbons (Fsp3) is 0.393. The van der Waals surface area contributed by atoms with Crippen LogP contribution in [0.15, 0.2) is 59.5 Å². The maximum absolute atomic E-state index is 13.1. The molecule has 0 fully saturated rings. The van der Waals surface area contributed by atoms with Crippen molar-refractivity contribution in [3.05, 3.63) is 65.7 Å². The van der Waals surface area contributed by atoms with Gasteiger partial charge in [0.1, 0.15) is 12.9 Å². The molecule has 0 saturated heterocycles. The van der Waals surface area contributed by atoms with Gasteiger partial charge in [-0.25, -0.2) is 18.1 Å². The molecule has 196 valence electrons. The summed E-state index contributed by atoms with van der Waals surface area (Å²) in [6, 6.07) is 15.8. The summed E-state index contributed by atoms with van der Waals surface area (Å²) in [4.78, 5) is 20.1. The van der Waals surface area contributed by atoms with Crippen LogP contribution in [0.5, 0.6) is 5.88 Å². The van der Waals surface area contributed by atoms with Crippen molar-refractivity contribution in [2.75, 3.05) is 18.4 Å². The van der Waals surface area contributed by atoms with Crippen molar-refractivity contribution in [1.82, 2.24) is 15.3 Å². The molecule has 2 heterocycles. The van der Waals surface area contributed by atoms with Gasteiger partial charge in [0, 0.05) is 23.2 Å². The van der Waals surface area contributed by atoms with Crippen LogP contribution in [0.1, 0.15) is 60.9 Å². The average molecular weight is 523 g/mol. The van der Waals surface area contributed by atoms with E-state index in [1.807, 2.05) is 25.2 Å². The Morgan fingerprint density at radius 1 is 0.946 bits per heavy atom. The van der Waals surface area contributed by atoms with E-state index in [2.05, 4.69) is 26.1 Å². The molecule has 1 atom stereocenters. The van der Waals surface area contributed by atoms with Gasteiger partial charge in [0.2, 0.25) is 11.8 Å². The summed E-state index contributed by atoms with van der Waals surface area (Å²) in [5.41, 5.74) is 2.94. The molecule has 0 spiro atoms. The van der Waals surface area contributed by atoms with E-state index in [4.69, 9.17) is 4.74 Å². The second-order valence-corrected chi connectivity index (χ2v) is 11.0. The number of carbonyl (C=O) groups excluding carboxylic acids is 1. The maximum atomic E-state index is 13.1. The molecule has 2 aromatic carbocycles. The summed E-state index contributed by atoms with van der Waals surface area (Å²) in [6.07, 6.45) is 9.54. The summed E-state index contributed by atoms with van der Waals surface area (Å²) in [5, 5.41) is 3.31. The van der Waals surface area contributed by atoms with Crippen molar-refractivity contribution in [3.8, 4) is 17.1 Å². The molecule has 0 saturated carbocycles. The minimum Gasteiger partial charge on any atom is -0.476 e. The predicted octanol–water partition coefficient (Wildman–Crippen LogP) is 5.01. The van der Waals surface area contributed by atoms with E-state index in [9.17, 15) is 13.2 Å². The highest BCUT2D eigenvalue weighted by molar-refractivity contribution is 7.92. The van der Waals surface area contributed by atoms with Crippen LogP contribution < -0.4 is 14.8 Å². The van der Waals surface area contributed by atoms with E-state index in [1.54, 1.807) is 12.1 Å². The van der Waals surface area contributed by atoms with E-state index in [0.29, 0.717) is 24.5 Å². The Hall–Kier alpha value is -3.30. The van der Waals surface area contributed by atoms with Crippen LogP contribution in [0, 0.1) is 0 Å². The third kappa shape index (κ3) is 7.36. The Morgan fingerprint density at radius 2 is 1.73 bits per heavy atom. The zero-order chi connectivity index (χ0) is 26.1. The largest absolute Gasteiger partial charge is 0.476 e. The second-order valence-electron chi connectivity index (χ2n) is 9.32. The zero-order valence-electron chi connectivity index (χ0n) is 21.2. The van der Waals surface area contributed by atoms with Gasteiger partial charge in [-0.05, 0) is 44.0 Å². The molecule has 2 bridgehead atoms. The molecule has 0 amide bonds. The van der Waals surface area contributed by atoms with Gasteiger partial charge in [-0.2, -0.15) is 4.98 Å². The van der Waals surface area contributed by atoms with Gasteiger partial charge in [-0.3, -0.25) is 4.79 Å². The molecular formula is C28H34N4O4S. The van der Waals surface area contributed by atoms with Gasteiger partial charge >= 0.3 is 0 Å². The van der Waals surface area contributed by atoms with Crippen molar-refractivity contribution < 1.29 is 17.9 Å². The third-order valence-electron chi connectivity index (χ3n) is 6.62. The molecule has 2 N–H and O–H groups in total. The smallest absolute Gasteiger partial charge is 0.264 e. The summed E-state index contributed by atoms with van der Waals surface area (Å²) >= 11 is 0. The van der Waals surface area contributed by atoms with Gasteiger partial charge in [-0.15, -0.1) is 0 Å². The van der Waals surface area contributed by atoms with Crippen LogP contribution in [0.4, 0.5) is 5.95 Å². The molecule has 9 heteroatoms. The van der Waals surface area contributed by atoms with Gasteiger partial charge in [0.05, 0.1) is 10.6 Å². The molecule has 0 unspecified atom stereocenters. The predicted molar refractivity (Wildman–Crippen MR) is 144 cm³/mol. The lowest BCUT2D eigenvalue weighted by molar-refractivity contribution is 0.112. The van der Waals surface area contributed by atoms with Gasteiger partial charge in [0.15, 0.2) is 0 Å².